The summed E-state index contributed by atoms with van der Waals surface area (Å²) in [6.07, 6.45) is 5.30. The van der Waals surface area contributed by atoms with Crippen LogP contribution in [0.1, 0.15) is 41.7 Å². The number of carbonyl (C=O) groups is 1. The van der Waals surface area contributed by atoms with Crippen molar-refractivity contribution in [1.82, 2.24) is 9.97 Å². The van der Waals surface area contributed by atoms with Crippen LogP contribution in [0.5, 0.6) is 0 Å². The Bertz CT molecular complexity index is 462. The first-order valence-corrected chi connectivity index (χ1v) is 6.58. The molecule has 1 aliphatic heterocycles. The average Bonchev–Trinajstić information content (AvgIpc) is 2.39. The summed E-state index contributed by atoms with van der Waals surface area (Å²) in [4.78, 5) is 21.5. The van der Waals surface area contributed by atoms with Crippen LogP contribution in [-0.2, 0) is 0 Å². The SMILES string of the molecule is Cc1nc(N2CCCCC2CCO)ncc1C(=O)O. The standard InChI is InChI=1S/C13H19N3O3/c1-9-11(12(18)19)8-14-13(15-9)16-6-3-2-4-10(16)5-7-17/h8,10,17H,2-7H2,1H3,(H,18,19). The van der Waals surface area contributed by atoms with Crippen molar-refractivity contribution in [2.45, 2.75) is 38.6 Å². The molecule has 1 atom stereocenters. The number of anilines is 1. The lowest BCUT2D eigenvalue weighted by molar-refractivity contribution is 0.0695. The Morgan fingerprint density at radius 1 is 1.53 bits per heavy atom. The molecule has 0 bridgehead atoms. The lowest BCUT2D eigenvalue weighted by Crippen LogP contribution is -2.41. The maximum Gasteiger partial charge on any atom is 0.339 e. The zero-order valence-electron chi connectivity index (χ0n) is 11.0. The zero-order valence-corrected chi connectivity index (χ0v) is 11.0. The predicted molar refractivity (Wildman–Crippen MR) is 70.4 cm³/mol. The minimum atomic E-state index is -1.00. The molecule has 19 heavy (non-hydrogen) atoms. The van der Waals surface area contributed by atoms with Gasteiger partial charge in [0.25, 0.3) is 0 Å². The van der Waals surface area contributed by atoms with E-state index >= 15 is 0 Å². The second kappa shape index (κ2) is 5.97. The van der Waals surface area contributed by atoms with Crippen LogP contribution in [0.25, 0.3) is 0 Å². The number of hydrogen-bond donors (Lipinski definition) is 2. The summed E-state index contributed by atoms with van der Waals surface area (Å²) in [6, 6.07) is 0.244. The minimum absolute atomic E-state index is 0.138. The molecule has 1 aliphatic rings. The van der Waals surface area contributed by atoms with Crippen LogP contribution < -0.4 is 4.90 Å². The van der Waals surface area contributed by atoms with E-state index in [1.807, 2.05) is 0 Å². The summed E-state index contributed by atoms with van der Waals surface area (Å²) in [6.45, 7) is 2.68. The van der Waals surface area contributed by atoms with Crippen molar-refractivity contribution in [3.63, 3.8) is 0 Å². The Hall–Kier alpha value is -1.69. The summed E-state index contributed by atoms with van der Waals surface area (Å²) in [7, 11) is 0. The van der Waals surface area contributed by atoms with E-state index < -0.39 is 5.97 Å². The van der Waals surface area contributed by atoms with Crippen LogP contribution in [0.3, 0.4) is 0 Å². The summed E-state index contributed by atoms with van der Waals surface area (Å²) in [5, 5.41) is 18.1. The quantitative estimate of drug-likeness (QED) is 0.851. The van der Waals surface area contributed by atoms with Gasteiger partial charge < -0.3 is 15.1 Å². The first kappa shape index (κ1) is 13.7. The van der Waals surface area contributed by atoms with Crippen LogP contribution >= 0.6 is 0 Å². The maximum atomic E-state index is 10.9. The van der Waals surface area contributed by atoms with E-state index in [9.17, 15) is 4.79 Å². The fourth-order valence-corrected chi connectivity index (χ4v) is 2.52. The van der Waals surface area contributed by atoms with Crippen LogP contribution in [0.2, 0.25) is 0 Å². The van der Waals surface area contributed by atoms with Gasteiger partial charge in [0.1, 0.15) is 0 Å². The molecule has 1 aromatic rings. The highest BCUT2D eigenvalue weighted by Crippen LogP contribution is 2.24. The summed E-state index contributed by atoms with van der Waals surface area (Å²) < 4.78 is 0. The molecule has 1 aromatic heterocycles. The lowest BCUT2D eigenvalue weighted by Gasteiger charge is -2.35. The molecular formula is C13H19N3O3. The zero-order chi connectivity index (χ0) is 13.8. The summed E-state index contributed by atoms with van der Waals surface area (Å²) in [5.74, 6) is -0.435. The monoisotopic (exact) mass is 265 g/mol. The molecule has 0 radical (unpaired) electrons. The third-order valence-electron chi connectivity index (χ3n) is 3.54. The Morgan fingerprint density at radius 3 is 2.95 bits per heavy atom. The Balaban J connectivity index is 2.24. The van der Waals surface area contributed by atoms with E-state index in [0.29, 0.717) is 18.1 Å². The highest BCUT2D eigenvalue weighted by Gasteiger charge is 2.24. The summed E-state index contributed by atoms with van der Waals surface area (Å²) >= 11 is 0. The third-order valence-corrected chi connectivity index (χ3v) is 3.54. The summed E-state index contributed by atoms with van der Waals surface area (Å²) in [5.41, 5.74) is 0.616. The molecule has 6 heteroatoms. The first-order chi connectivity index (χ1) is 9.13. The number of carboxylic acids is 1. The van der Waals surface area contributed by atoms with Crippen LogP contribution in [0.4, 0.5) is 5.95 Å². The number of rotatable bonds is 4. The van der Waals surface area contributed by atoms with E-state index in [0.717, 1.165) is 25.8 Å². The fourth-order valence-electron chi connectivity index (χ4n) is 2.52. The number of aromatic nitrogens is 2. The van der Waals surface area contributed by atoms with Crippen LogP contribution in [0, 0.1) is 6.92 Å². The average molecular weight is 265 g/mol. The number of aliphatic hydroxyl groups is 1. The molecule has 1 fully saturated rings. The Kier molecular flexibility index (Phi) is 4.31. The van der Waals surface area contributed by atoms with Crippen LogP contribution in [-0.4, -0.2) is 45.3 Å². The Morgan fingerprint density at radius 2 is 2.32 bits per heavy atom. The minimum Gasteiger partial charge on any atom is -0.478 e. The van der Waals surface area contributed by atoms with E-state index in [1.54, 1.807) is 6.92 Å². The molecule has 0 aromatic carbocycles. The smallest absolute Gasteiger partial charge is 0.339 e. The van der Waals surface area contributed by atoms with Crippen molar-refractivity contribution >= 4 is 11.9 Å². The highest BCUT2D eigenvalue weighted by molar-refractivity contribution is 5.88. The third kappa shape index (κ3) is 3.01. The van der Waals surface area contributed by atoms with Crippen molar-refractivity contribution in [3.8, 4) is 0 Å². The molecule has 2 heterocycles. The van der Waals surface area contributed by atoms with Gasteiger partial charge in [-0.3, -0.25) is 0 Å². The van der Waals surface area contributed by atoms with Gasteiger partial charge >= 0.3 is 5.97 Å². The van der Waals surface area contributed by atoms with Gasteiger partial charge in [-0.25, -0.2) is 14.8 Å². The maximum absolute atomic E-state index is 10.9. The van der Waals surface area contributed by atoms with Crippen molar-refractivity contribution in [2.24, 2.45) is 0 Å². The number of hydrogen-bond acceptors (Lipinski definition) is 5. The van der Waals surface area contributed by atoms with Gasteiger partial charge in [-0.2, -0.15) is 0 Å². The molecule has 2 N–H and O–H groups in total. The molecule has 1 unspecified atom stereocenters. The molecular weight excluding hydrogens is 246 g/mol. The molecule has 104 valence electrons. The van der Waals surface area contributed by atoms with Gasteiger partial charge in [0, 0.05) is 25.4 Å². The van der Waals surface area contributed by atoms with Gasteiger partial charge in [0.2, 0.25) is 5.95 Å². The molecule has 0 spiro atoms. The second-order valence-electron chi connectivity index (χ2n) is 4.83. The normalized spacial score (nSPS) is 19.5. The van der Waals surface area contributed by atoms with Crippen molar-refractivity contribution < 1.29 is 15.0 Å². The van der Waals surface area contributed by atoms with Crippen LogP contribution in [0.15, 0.2) is 6.20 Å². The molecule has 0 saturated carbocycles. The molecule has 6 nitrogen and oxygen atoms in total. The molecule has 2 rings (SSSR count). The number of aryl methyl sites for hydroxylation is 1. The number of aromatic carboxylic acids is 1. The van der Waals surface area contributed by atoms with Gasteiger partial charge in [-0.1, -0.05) is 0 Å². The number of piperidine rings is 1. The molecule has 0 aliphatic carbocycles. The lowest BCUT2D eigenvalue weighted by atomic mass is 10.00. The van der Waals surface area contributed by atoms with Crippen molar-refractivity contribution in [1.29, 1.82) is 0 Å². The van der Waals surface area contributed by atoms with Gasteiger partial charge in [-0.15, -0.1) is 0 Å². The fraction of sp³-hybridized carbons (Fsp3) is 0.615. The van der Waals surface area contributed by atoms with E-state index in [-0.39, 0.29) is 18.2 Å². The topological polar surface area (TPSA) is 86.5 Å². The van der Waals surface area contributed by atoms with Gasteiger partial charge in [0.05, 0.1) is 11.3 Å². The van der Waals surface area contributed by atoms with Gasteiger partial charge in [-0.05, 0) is 32.6 Å². The Labute approximate surface area is 112 Å². The molecule has 0 amide bonds. The largest absolute Gasteiger partial charge is 0.478 e. The molecule has 1 saturated heterocycles. The van der Waals surface area contributed by atoms with Crippen molar-refractivity contribution in [2.75, 3.05) is 18.1 Å². The van der Waals surface area contributed by atoms with Gasteiger partial charge in [0.15, 0.2) is 0 Å². The van der Waals surface area contributed by atoms with E-state index in [2.05, 4.69) is 14.9 Å². The second-order valence-corrected chi connectivity index (χ2v) is 4.83. The van der Waals surface area contributed by atoms with E-state index in [1.165, 1.54) is 6.20 Å². The van der Waals surface area contributed by atoms with E-state index in [4.69, 9.17) is 10.2 Å². The highest BCUT2D eigenvalue weighted by atomic mass is 16.4. The number of aliphatic hydroxyl groups excluding tert-OH is 1. The first-order valence-electron chi connectivity index (χ1n) is 6.58. The van der Waals surface area contributed by atoms with Crippen molar-refractivity contribution in [3.05, 3.63) is 17.5 Å². The predicted octanol–water partition coefficient (Wildman–Crippen LogP) is 1.22. The number of nitrogens with zero attached hydrogens (tertiary/aromatic N) is 3. The number of carboxylic acid groups (broad SMARTS) is 1.